The van der Waals surface area contributed by atoms with E-state index in [4.69, 9.17) is 16.9 Å². The van der Waals surface area contributed by atoms with E-state index in [1.165, 1.54) is 4.88 Å². The third-order valence-corrected chi connectivity index (χ3v) is 5.71. The highest BCUT2D eigenvalue weighted by molar-refractivity contribution is 7.09. The number of nitriles is 1. The van der Waals surface area contributed by atoms with Crippen molar-refractivity contribution in [3.63, 3.8) is 0 Å². The van der Waals surface area contributed by atoms with Crippen LogP contribution in [-0.2, 0) is 11.2 Å². The monoisotopic (exact) mass is 388 g/mol. The van der Waals surface area contributed by atoms with Gasteiger partial charge < -0.3 is 10.2 Å². The normalized spacial score (nSPS) is 15.5. The molecule has 136 valence electrons. The molecule has 1 aliphatic heterocycles. The number of anilines is 1. The molecule has 1 aromatic carbocycles. The van der Waals surface area contributed by atoms with Gasteiger partial charge in [-0.1, -0.05) is 17.7 Å². The van der Waals surface area contributed by atoms with Crippen LogP contribution in [0.15, 0.2) is 35.7 Å². The lowest BCUT2D eigenvalue weighted by Gasteiger charge is -2.34. The van der Waals surface area contributed by atoms with Crippen LogP contribution in [0.2, 0.25) is 5.02 Å². The van der Waals surface area contributed by atoms with Crippen molar-refractivity contribution in [1.82, 2.24) is 9.80 Å². The quantitative estimate of drug-likeness (QED) is 0.826. The Labute approximate surface area is 162 Å². The minimum atomic E-state index is -0.0576. The summed E-state index contributed by atoms with van der Waals surface area (Å²) in [6.45, 7) is 5.21. The third-order valence-electron chi connectivity index (χ3n) is 4.46. The highest BCUT2D eigenvalue weighted by Crippen LogP contribution is 2.20. The van der Waals surface area contributed by atoms with E-state index in [-0.39, 0.29) is 5.91 Å². The van der Waals surface area contributed by atoms with E-state index < -0.39 is 0 Å². The predicted molar refractivity (Wildman–Crippen MR) is 106 cm³/mol. The van der Waals surface area contributed by atoms with E-state index in [0.717, 1.165) is 39.1 Å². The van der Waals surface area contributed by atoms with E-state index in [2.05, 4.69) is 32.6 Å². The second kappa shape index (κ2) is 9.15. The van der Waals surface area contributed by atoms with E-state index in [1.807, 2.05) is 17.4 Å². The molecule has 2 heterocycles. The second-order valence-corrected chi connectivity index (χ2v) is 7.74. The summed E-state index contributed by atoms with van der Waals surface area (Å²) in [7, 11) is 0. The number of halogens is 1. The molecule has 0 aliphatic carbocycles. The van der Waals surface area contributed by atoms with Crippen molar-refractivity contribution in [2.24, 2.45) is 0 Å². The first kappa shape index (κ1) is 18.9. The van der Waals surface area contributed by atoms with Gasteiger partial charge in [-0.2, -0.15) is 5.26 Å². The molecule has 0 spiro atoms. The Hall–Kier alpha value is -1.91. The molecule has 26 heavy (non-hydrogen) atoms. The molecular weight excluding hydrogens is 368 g/mol. The number of hydrogen-bond acceptors (Lipinski definition) is 5. The van der Waals surface area contributed by atoms with Gasteiger partial charge in [0, 0.05) is 43.3 Å². The van der Waals surface area contributed by atoms with Gasteiger partial charge in [0.1, 0.15) is 6.07 Å². The van der Waals surface area contributed by atoms with Gasteiger partial charge >= 0.3 is 0 Å². The Kier molecular flexibility index (Phi) is 6.64. The van der Waals surface area contributed by atoms with Crippen LogP contribution < -0.4 is 5.32 Å². The maximum Gasteiger partial charge on any atom is 0.238 e. The van der Waals surface area contributed by atoms with Crippen molar-refractivity contribution < 1.29 is 4.79 Å². The van der Waals surface area contributed by atoms with Crippen LogP contribution in [0.5, 0.6) is 0 Å². The maximum atomic E-state index is 12.2. The Balaban J connectivity index is 1.40. The van der Waals surface area contributed by atoms with Gasteiger partial charge in [0.05, 0.1) is 17.1 Å². The number of piperazine rings is 1. The van der Waals surface area contributed by atoms with Crippen LogP contribution in [0.3, 0.4) is 0 Å². The van der Waals surface area contributed by atoms with Gasteiger partial charge in [-0.05, 0) is 36.1 Å². The molecule has 0 bridgehead atoms. The Morgan fingerprint density at radius 2 is 2.00 bits per heavy atom. The number of hydrogen-bond donors (Lipinski definition) is 1. The summed E-state index contributed by atoms with van der Waals surface area (Å²) in [4.78, 5) is 18.3. The molecule has 1 N–H and O–H groups in total. The molecule has 1 fully saturated rings. The summed E-state index contributed by atoms with van der Waals surface area (Å²) in [6, 6.07) is 11.2. The summed E-state index contributed by atoms with van der Waals surface area (Å²) >= 11 is 7.81. The highest BCUT2D eigenvalue weighted by Gasteiger charge is 2.19. The Morgan fingerprint density at radius 1 is 1.23 bits per heavy atom. The number of carbonyl (C=O) groups is 1. The second-order valence-electron chi connectivity index (χ2n) is 6.30. The molecule has 1 aliphatic rings. The van der Waals surface area contributed by atoms with Gasteiger partial charge in [0.25, 0.3) is 0 Å². The molecule has 5 nitrogen and oxygen atoms in total. The average Bonchev–Trinajstić information content (AvgIpc) is 3.15. The summed E-state index contributed by atoms with van der Waals surface area (Å²) in [5.74, 6) is -0.0576. The van der Waals surface area contributed by atoms with Crippen LogP contribution in [0.25, 0.3) is 0 Å². The van der Waals surface area contributed by atoms with Crippen molar-refractivity contribution in [3.8, 4) is 6.07 Å². The number of carbonyl (C=O) groups excluding carboxylic acids is 1. The number of benzene rings is 1. The van der Waals surface area contributed by atoms with Crippen LogP contribution in [0.4, 0.5) is 5.69 Å². The molecule has 0 atom stereocenters. The highest BCUT2D eigenvalue weighted by atomic mass is 35.5. The average molecular weight is 389 g/mol. The number of thiophene rings is 1. The molecule has 1 aromatic heterocycles. The largest absolute Gasteiger partial charge is 0.325 e. The zero-order valence-electron chi connectivity index (χ0n) is 14.4. The standard InChI is InChI=1S/C19H21ClN4OS/c20-18-12-16(4-3-15(18)13-21)22-19(25)14-24-9-7-23(8-10-24)6-5-17-2-1-11-26-17/h1-4,11-12H,5-10,14H2,(H,22,25). The van der Waals surface area contributed by atoms with Gasteiger partial charge in [-0.25, -0.2) is 0 Å². The summed E-state index contributed by atoms with van der Waals surface area (Å²) < 4.78 is 0. The molecular formula is C19H21ClN4OS. The molecule has 1 amide bonds. The summed E-state index contributed by atoms with van der Waals surface area (Å²) in [5, 5.41) is 14.2. The van der Waals surface area contributed by atoms with Crippen LogP contribution in [0.1, 0.15) is 10.4 Å². The van der Waals surface area contributed by atoms with Gasteiger partial charge in [0.2, 0.25) is 5.91 Å². The lowest BCUT2D eigenvalue weighted by molar-refractivity contribution is -0.117. The molecule has 1 saturated heterocycles. The zero-order chi connectivity index (χ0) is 18.4. The van der Waals surface area contributed by atoms with Crippen LogP contribution >= 0.6 is 22.9 Å². The molecule has 0 saturated carbocycles. The van der Waals surface area contributed by atoms with Crippen molar-refractivity contribution >= 4 is 34.5 Å². The third kappa shape index (κ3) is 5.29. The summed E-state index contributed by atoms with van der Waals surface area (Å²) in [6.07, 6.45) is 1.09. The number of rotatable bonds is 6. The van der Waals surface area contributed by atoms with E-state index in [1.54, 1.807) is 18.2 Å². The minimum absolute atomic E-state index is 0.0576. The van der Waals surface area contributed by atoms with Crippen molar-refractivity contribution in [3.05, 3.63) is 51.2 Å². The van der Waals surface area contributed by atoms with Crippen molar-refractivity contribution in [1.29, 1.82) is 5.26 Å². The molecule has 3 rings (SSSR count). The molecule has 0 radical (unpaired) electrons. The fourth-order valence-corrected chi connectivity index (χ4v) is 3.90. The van der Waals surface area contributed by atoms with Crippen LogP contribution in [0, 0.1) is 11.3 Å². The van der Waals surface area contributed by atoms with Crippen molar-refractivity contribution in [2.45, 2.75) is 6.42 Å². The predicted octanol–water partition coefficient (Wildman–Crippen LogP) is 3.07. The number of amides is 1. The van der Waals surface area contributed by atoms with Gasteiger partial charge in [-0.15, -0.1) is 11.3 Å². The minimum Gasteiger partial charge on any atom is -0.325 e. The fraction of sp³-hybridized carbons (Fsp3) is 0.368. The number of nitrogens with one attached hydrogen (secondary N) is 1. The van der Waals surface area contributed by atoms with Crippen LogP contribution in [-0.4, -0.2) is 55.0 Å². The topological polar surface area (TPSA) is 59.4 Å². The zero-order valence-corrected chi connectivity index (χ0v) is 16.0. The number of nitrogens with zero attached hydrogens (tertiary/aromatic N) is 3. The van der Waals surface area contributed by atoms with Gasteiger partial charge in [0.15, 0.2) is 0 Å². The molecule has 7 heteroatoms. The first-order valence-corrected chi connectivity index (χ1v) is 9.86. The SMILES string of the molecule is N#Cc1ccc(NC(=O)CN2CCN(CCc3cccs3)CC2)cc1Cl. The first-order chi connectivity index (χ1) is 12.6. The lowest BCUT2D eigenvalue weighted by atomic mass is 10.2. The first-order valence-electron chi connectivity index (χ1n) is 8.60. The Bertz CT molecular complexity index is 779. The lowest BCUT2D eigenvalue weighted by Crippen LogP contribution is -2.49. The molecule has 2 aromatic rings. The smallest absolute Gasteiger partial charge is 0.238 e. The van der Waals surface area contributed by atoms with E-state index in [0.29, 0.717) is 22.8 Å². The Morgan fingerprint density at radius 3 is 2.65 bits per heavy atom. The van der Waals surface area contributed by atoms with E-state index >= 15 is 0 Å². The maximum absolute atomic E-state index is 12.2. The molecule has 0 unspecified atom stereocenters. The summed E-state index contributed by atoms with van der Waals surface area (Å²) in [5.41, 5.74) is 1.02. The van der Waals surface area contributed by atoms with Gasteiger partial charge in [-0.3, -0.25) is 9.69 Å². The van der Waals surface area contributed by atoms with E-state index in [9.17, 15) is 4.79 Å². The fourth-order valence-electron chi connectivity index (χ4n) is 2.98. The van der Waals surface area contributed by atoms with Crippen molar-refractivity contribution in [2.75, 3.05) is 44.6 Å².